The minimum absolute atomic E-state index is 0.0610. The summed E-state index contributed by atoms with van der Waals surface area (Å²) in [5.74, 6) is 0.440. The number of nitrogens with one attached hydrogen (secondary N) is 2. The zero-order valence-electron chi connectivity index (χ0n) is 18.1. The molecule has 0 aliphatic rings. The van der Waals surface area contributed by atoms with Crippen LogP contribution in [0, 0.1) is 6.92 Å². The van der Waals surface area contributed by atoms with Gasteiger partial charge in [0.2, 0.25) is 5.91 Å². The van der Waals surface area contributed by atoms with E-state index in [4.69, 9.17) is 4.74 Å². The Morgan fingerprint density at radius 2 is 1.84 bits per heavy atom. The standard InChI is InChI=1S/C19H27N5O5S2/c1-6-29-16-9-7-15(8-10-16)22-18(26)24(12-11-20-14(3)25)19-21-13(2)17(30-19)31(27,28)23(4)5/h7-10H,6,11-12H2,1-5H3,(H,20,25)(H,22,26). The first-order valence-corrected chi connectivity index (χ1v) is 11.8. The molecular formula is C19H27N5O5S2. The van der Waals surface area contributed by atoms with Crippen LogP contribution in [0.2, 0.25) is 0 Å². The molecule has 0 bridgehead atoms. The van der Waals surface area contributed by atoms with E-state index in [1.165, 1.54) is 25.9 Å². The number of hydrogen-bond acceptors (Lipinski definition) is 7. The third-order valence-corrected chi connectivity index (χ3v) is 7.64. The lowest BCUT2D eigenvalue weighted by atomic mass is 10.3. The predicted molar refractivity (Wildman–Crippen MR) is 120 cm³/mol. The number of benzene rings is 1. The molecule has 31 heavy (non-hydrogen) atoms. The normalized spacial score (nSPS) is 11.3. The third kappa shape index (κ3) is 6.39. The van der Waals surface area contributed by atoms with Crippen molar-refractivity contribution in [3.05, 3.63) is 30.0 Å². The number of nitrogens with zero attached hydrogens (tertiary/aromatic N) is 3. The number of rotatable bonds is 9. The van der Waals surface area contributed by atoms with Crippen LogP contribution in [0.15, 0.2) is 28.5 Å². The lowest BCUT2D eigenvalue weighted by molar-refractivity contribution is -0.118. The molecule has 0 aliphatic carbocycles. The fourth-order valence-corrected chi connectivity index (χ4v) is 5.18. The Labute approximate surface area is 186 Å². The van der Waals surface area contributed by atoms with Gasteiger partial charge in [-0.3, -0.25) is 9.69 Å². The van der Waals surface area contributed by atoms with Gasteiger partial charge in [-0.05, 0) is 38.1 Å². The van der Waals surface area contributed by atoms with Crippen LogP contribution >= 0.6 is 11.3 Å². The molecule has 1 heterocycles. The summed E-state index contributed by atoms with van der Waals surface area (Å²) in [6.07, 6.45) is 0. The van der Waals surface area contributed by atoms with Crippen LogP contribution in [0.1, 0.15) is 19.5 Å². The molecule has 10 nitrogen and oxygen atoms in total. The number of sulfonamides is 1. The number of urea groups is 1. The number of carbonyl (C=O) groups excluding carboxylic acids is 2. The second-order valence-electron chi connectivity index (χ2n) is 6.68. The second-order valence-corrected chi connectivity index (χ2v) is 10.0. The monoisotopic (exact) mass is 469 g/mol. The van der Waals surface area contributed by atoms with Gasteiger partial charge in [0, 0.05) is 39.8 Å². The SMILES string of the molecule is CCOc1ccc(NC(=O)N(CCNC(C)=O)c2nc(C)c(S(=O)(=O)N(C)C)s2)cc1. The van der Waals surface area contributed by atoms with Crippen molar-refractivity contribution >= 4 is 44.1 Å². The number of thiazole rings is 1. The number of anilines is 2. The Hall–Kier alpha value is -2.70. The summed E-state index contributed by atoms with van der Waals surface area (Å²) < 4.78 is 31.6. The van der Waals surface area contributed by atoms with Gasteiger partial charge in [0.1, 0.15) is 5.75 Å². The molecule has 2 rings (SSSR count). The van der Waals surface area contributed by atoms with Crippen LogP contribution in [0.5, 0.6) is 5.75 Å². The van der Waals surface area contributed by atoms with Crippen LogP contribution < -0.4 is 20.3 Å². The molecule has 1 aromatic carbocycles. The number of amides is 3. The lowest BCUT2D eigenvalue weighted by Gasteiger charge is -2.20. The topological polar surface area (TPSA) is 121 Å². The number of aryl methyl sites for hydroxylation is 1. The number of ether oxygens (including phenoxy) is 1. The summed E-state index contributed by atoms with van der Waals surface area (Å²) in [5, 5.41) is 5.61. The van der Waals surface area contributed by atoms with E-state index in [-0.39, 0.29) is 28.3 Å². The molecule has 0 radical (unpaired) electrons. The minimum atomic E-state index is -3.70. The molecule has 0 unspecified atom stereocenters. The summed E-state index contributed by atoms with van der Waals surface area (Å²) in [4.78, 5) is 29.8. The van der Waals surface area contributed by atoms with E-state index >= 15 is 0 Å². The molecule has 0 aliphatic heterocycles. The van der Waals surface area contributed by atoms with E-state index in [0.717, 1.165) is 15.6 Å². The zero-order valence-corrected chi connectivity index (χ0v) is 19.8. The van der Waals surface area contributed by atoms with E-state index in [2.05, 4.69) is 15.6 Å². The first kappa shape index (κ1) is 24.6. The van der Waals surface area contributed by atoms with Crippen molar-refractivity contribution < 1.29 is 22.7 Å². The van der Waals surface area contributed by atoms with Crippen LogP contribution in [-0.4, -0.2) is 63.4 Å². The summed E-state index contributed by atoms with van der Waals surface area (Å²) in [7, 11) is -0.838. The van der Waals surface area contributed by atoms with Gasteiger partial charge < -0.3 is 15.4 Å². The lowest BCUT2D eigenvalue weighted by Crippen LogP contribution is -2.40. The molecule has 1 aromatic heterocycles. The molecule has 0 saturated carbocycles. The average Bonchev–Trinajstić information content (AvgIpc) is 3.08. The van der Waals surface area contributed by atoms with Crippen LogP contribution in [0.25, 0.3) is 0 Å². The Bertz CT molecular complexity index is 1020. The van der Waals surface area contributed by atoms with Gasteiger partial charge in [-0.2, -0.15) is 0 Å². The van der Waals surface area contributed by atoms with Gasteiger partial charge >= 0.3 is 6.03 Å². The van der Waals surface area contributed by atoms with E-state index in [0.29, 0.717) is 23.7 Å². The summed E-state index contributed by atoms with van der Waals surface area (Å²) in [6, 6.07) is 6.36. The molecule has 2 aromatic rings. The average molecular weight is 470 g/mol. The highest BCUT2D eigenvalue weighted by Gasteiger charge is 2.28. The smallest absolute Gasteiger partial charge is 0.328 e. The highest BCUT2D eigenvalue weighted by atomic mass is 32.2. The van der Waals surface area contributed by atoms with E-state index in [9.17, 15) is 18.0 Å². The van der Waals surface area contributed by atoms with E-state index in [1.54, 1.807) is 31.2 Å². The van der Waals surface area contributed by atoms with Crippen LogP contribution in [0.4, 0.5) is 15.6 Å². The number of aromatic nitrogens is 1. The summed E-state index contributed by atoms with van der Waals surface area (Å²) in [5.41, 5.74) is 0.833. The maximum atomic E-state index is 13.0. The maximum absolute atomic E-state index is 13.0. The Morgan fingerprint density at radius 1 is 1.19 bits per heavy atom. The molecule has 0 saturated heterocycles. The zero-order chi connectivity index (χ0) is 23.2. The molecule has 170 valence electrons. The number of hydrogen-bond donors (Lipinski definition) is 2. The fourth-order valence-electron chi connectivity index (χ4n) is 2.51. The van der Waals surface area contributed by atoms with Gasteiger partial charge in [-0.15, -0.1) is 0 Å². The van der Waals surface area contributed by atoms with Crippen LogP contribution in [0.3, 0.4) is 0 Å². The molecule has 0 spiro atoms. The van der Waals surface area contributed by atoms with E-state index < -0.39 is 16.1 Å². The molecule has 12 heteroatoms. The quantitative estimate of drug-likeness (QED) is 0.581. The summed E-state index contributed by atoms with van der Waals surface area (Å²) >= 11 is 0.901. The highest BCUT2D eigenvalue weighted by Crippen LogP contribution is 2.31. The van der Waals surface area contributed by atoms with Gasteiger partial charge in [0.25, 0.3) is 10.0 Å². The maximum Gasteiger partial charge on any atom is 0.328 e. The Kier molecular flexibility index (Phi) is 8.36. The van der Waals surface area contributed by atoms with Crippen molar-refractivity contribution in [1.29, 1.82) is 0 Å². The van der Waals surface area contributed by atoms with Crippen molar-refractivity contribution in [2.75, 3.05) is 44.0 Å². The summed E-state index contributed by atoms with van der Waals surface area (Å²) in [6.45, 7) is 5.65. The van der Waals surface area contributed by atoms with Gasteiger partial charge in [0.05, 0.1) is 12.3 Å². The van der Waals surface area contributed by atoms with Gasteiger partial charge in [-0.25, -0.2) is 22.5 Å². The molecule has 3 amide bonds. The molecular weight excluding hydrogens is 442 g/mol. The Morgan fingerprint density at radius 3 is 2.39 bits per heavy atom. The first-order chi connectivity index (χ1) is 14.6. The third-order valence-electron chi connectivity index (χ3n) is 4.06. The predicted octanol–water partition coefficient (Wildman–Crippen LogP) is 2.28. The minimum Gasteiger partial charge on any atom is -0.494 e. The molecule has 0 fully saturated rings. The Balaban J connectivity index is 2.30. The fraction of sp³-hybridized carbons (Fsp3) is 0.421. The van der Waals surface area contributed by atoms with Crippen LogP contribution in [-0.2, 0) is 14.8 Å². The van der Waals surface area contributed by atoms with Gasteiger partial charge in [-0.1, -0.05) is 11.3 Å². The van der Waals surface area contributed by atoms with Crippen molar-refractivity contribution in [2.24, 2.45) is 0 Å². The van der Waals surface area contributed by atoms with Crippen molar-refractivity contribution in [1.82, 2.24) is 14.6 Å². The number of carbonyl (C=O) groups is 2. The highest BCUT2D eigenvalue weighted by molar-refractivity contribution is 7.91. The largest absolute Gasteiger partial charge is 0.494 e. The molecule has 0 atom stereocenters. The van der Waals surface area contributed by atoms with E-state index in [1.807, 2.05) is 6.92 Å². The molecule has 2 N–H and O–H groups in total. The second kappa shape index (κ2) is 10.6. The van der Waals surface area contributed by atoms with Crippen molar-refractivity contribution in [3.8, 4) is 5.75 Å². The van der Waals surface area contributed by atoms with Crippen molar-refractivity contribution in [3.63, 3.8) is 0 Å². The first-order valence-electron chi connectivity index (χ1n) is 9.52. The van der Waals surface area contributed by atoms with Gasteiger partial charge in [0.15, 0.2) is 9.34 Å². The van der Waals surface area contributed by atoms with Crippen molar-refractivity contribution in [2.45, 2.75) is 25.0 Å².